The fourth-order valence-corrected chi connectivity index (χ4v) is 2.16. The van der Waals surface area contributed by atoms with Gasteiger partial charge in [0.1, 0.15) is 0 Å². The van der Waals surface area contributed by atoms with Gasteiger partial charge >= 0.3 is 0 Å². The highest BCUT2D eigenvalue weighted by atomic mass is 15.1. The number of hydrogen-bond acceptors (Lipinski definition) is 2. The zero-order chi connectivity index (χ0) is 12.6. The molecule has 0 radical (unpaired) electrons. The predicted octanol–water partition coefficient (Wildman–Crippen LogP) is 2.99. The van der Waals surface area contributed by atoms with Gasteiger partial charge in [0.2, 0.25) is 0 Å². The molecule has 0 saturated carbocycles. The maximum absolute atomic E-state index is 3.43. The van der Waals surface area contributed by atoms with E-state index in [-0.39, 0.29) is 0 Å². The monoisotopic (exact) mass is 228 g/mol. The lowest BCUT2D eigenvalue weighted by molar-refractivity contribution is 0.197. The van der Waals surface area contributed by atoms with E-state index in [1.807, 2.05) is 0 Å². The second-order valence-electron chi connectivity index (χ2n) is 5.17. The molecule has 1 unspecified atom stereocenters. The first-order valence-corrected chi connectivity index (χ1v) is 6.98. The largest absolute Gasteiger partial charge is 0.315 e. The van der Waals surface area contributed by atoms with E-state index in [0.717, 1.165) is 5.92 Å². The number of nitrogens with zero attached hydrogens (tertiary/aromatic N) is 1. The van der Waals surface area contributed by atoms with Gasteiger partial charge in [-0.25, -0.2) is 0 Å². The van der Waals surface area contributed by atoms with Crippen LogP contribution < -0.4 is 5.32 Å². The van der Waals surface area contributed by atoms with E-state index in [2.05, 4.69) is 51.9 Å². The average Bonchev–Trinajstić information content (AvgIpc) is 2.29. The second-order valence-corrected chi connectivity index (χ2v) is 5.17. The summed E-state index contributed by atoms with van der Waals surface area (Å²) in [5.74, 6) is 1.57. The van der Waals surface area contributed by atoms with Crippen molar-refractivity contribution in [2.24, 2.45) is 11.8 Å². The lowest BCUT2D eigenvalue weighted by Gasteiger charge is -2.31. The molecule has 0 saturated heterocycles. The molecule has 2 heteroatoms. The van der Waals surface area contributed by atoms with Crippen molar-refractivity contribution >= 4 is 0 Å². The SMILES string of the molecule is CCC(CC)CN(CC)CC(NC)C(C)C. The standard InChI is InChI=1S/C14H32N2/c1-7-13(8-2)10-16(9-3)11-14(15-6)12(4)5/h12-15H,7-11H2,1-6H3. The maximum atomic E-state index is 3.43. The van der Waals surface area contributed by atoms with Crippen molar-refractivity contribution in [2.45, 2.75) is 53.5 Å². The summed E-state index contributed by atoms with van der Waals surface area (Å²) in [4.78, 5) is 2.60. The van der Waals surface area contributed by atoms with E-state index in [1.165, 1.54) is 32.5 Å². The van der Waals surface area contributed by atoms with Gasteiger partial charge in [-0.15, -0.1) is 0 Å². The molecule has 0 aliphatic heterocycles. The summed E-state index contributed by atoms with van der Waals surface area (Å²) in [5.41, 5.74) is 0. The van der Waals surface area contributed by atoms with E-state index in [0.29, 0.717) is 12.0 Å². The van der Waals surface area contributed by atoms with Crippen LogP contribution in [0.15, 0.2) is 0 Å². The predicted molar refractivity (Wildman–Crippen MR) is 73.9 cm³/mol. The molecule has 0 aromatic heterocycles. The summed E-state index contributed by atoms with van der Waals surface area (Å²) >= 11 is 0. The zero-order valence-electron chi connectivity index (χ0n) is 12.2. The van der Waals surface area contributed by atoms with E-state index < -0.39 is 0 Å². The molecule has 0 bridgehead atoms. The maximum Gasteiger partial charge on any atom is 0.0214 e. The van der Waals surface area contributed by atoms with Crippen LogP contribution in [0.5, 0.6) is 0 Å². The lowest BCUT2D eigenvalue weighted by Crippen LogP contribution is -2.44. The summed E-state index contributed by atoms with van der Waals surface area (Å²) in [6.45, 7) is 15.1. The molecule has 0 aromatic rings. The Labute approximate surface area is 103 Å². The molecule has 1 atom stereocenters. The molecule has 0 rings (SSSR count). The van der Waals surface area contributed by atoms with Crippen LogP contribution >= 0.6 is 0 Å². The average molecular weight is 228 g/mol. The summed E-state index contributed by atoms with van der Waals surface area (Å²) in [7, 11) is 2.08. The van der Waals surface area contributed by atoms with Gasteiger partial charge in [-0.3, -0.25) is 0 Å². The van der Waals surface area contributed by atoms with Gasteiger partial charge in [0.05, 0.1) is 0 Å². The Kier molecular flexibility index (Phi) is 8.96. The fourth-order valence-electron chi connectivity index (χ4n) is 2.16. The van der Waals surface area contributed by atoms with Gasteiger partial charge in [-0.05, 0) is 25.4 Å². The first kappa shape index (κ1) is 15.9. The minimum Gasteiger partial charge on any atom is -0.315 e. The van der Waals surface area contributed by atoms with Gasteiger partial charge < -0.3 is 10.2 Å². The number of likely N-dealkylation sites (N-methyl/N-ethyl adjacent to an activating group) is 2. The zero-order valence-corrected chi connectivity index (χ0v) is 12.2. The van der Waals surface area contributed by atoms with Crippen LogP contribution in [-0.2, 0) is 0 Å². The third-order valence-electron chi connectivity index (χ3n) is 3.75. The van der Waals surface area contributed by atoms with E-state index in [4.69, 9.17) is 0 Å². The molecule has 0 aliphatic rings. The molecule has 1 N–H and O–H groups in total. The molecule has 0 amide bonds. The minimum absolute atomic E-state index is 0.620. The third kappa shape index (κ3) is 5.86. The second kappa shape index (κ2) is 9.00. The molecule has 0 spiro atoms. The smallest absolute Gasteiger partial charge is 0.0214 e. The van der Waals surface area contributed by atoms with Crippen LogP contribution in [0.4, 0.5) is 0 Å². The fraction of sp³-hybridized carbons (Fsp3) is 1.00. The van der Waals surface area contributed by atoms with Crippen molar-refractivity contribution < 1.29 is 0 Å². The van der Waals surface area contributed by atoms with Crippen molar-refractivity contribution in [3.05, 3.63) is 0 Å². The van der Waals surface area contributed by atoms with Crippen molar-refractivity contribution in [1.29, 1.82) is 0 Å². The van der Waals surface area contributed by atoms with Gasteiger partial charge in [0.15, 0.2) is 0 Å². The summed E-state index contributed by atoms with van der Waals surface area (Å²) in [6.07, 6.45) is 2.61. The highest BCUT2D eigenvalue weighted by Gasteiger charge is 2.16. The summed E-state index contributed by atoms with van der Waals surface area (Å²) in [5, 5.41) is 3.43. The van der Waals surface area contributed by atoms with Gasteiger partial charge in [-0.2, -0.15) is 0 Å². The van der Waals surface area contributed by atoms with Crippen LogP contribution in [0.25, 0.3) is 0 Å². The highest BCUT2D eigenvalue weighted by molar-refractivity contribution is 4.74. The van der Waals surface area contributed by atoms with E-state index >= 15 is 0 Å². The van der Waals surface area contributed by atoms with E-state index in [1.54, 1.807) is 0 Å². The molecular weight excluding hydrogens is 196 g/mol. The Balaban J connectivity index is 4.16. The Bertz CT molecular complexity index is 153. The number of nitrogens with one attached hydrogen (secondary N) is 1. The Morgan fingerprint density at radius 1 is 1.00 bits per heavy atom. The third-order valence-corrected chi connectivity index (χ3v) is 3.75. The molecule has 0 heterocycles. The van der Waals surface area contributed by atoms with Crippen LogP contribution in [0, 0.1) is 11.8 Å². The van der Waals surface area contributed by atoms with Crippen molar-refractivity contribution in [1.82, 2.24) is 10.2 Å². The van der Waals surface area contributed by atoms with Crippen LogP contribution in [-0.4, -0.2) is 37.6 Å². The van der Waals surface area contributed by atoms with E-state index in [9.17, 15) is 0 Å². The lowest BCUT2D eigenvalue weighted by atomic mass is 10.0. The van der Waals surface area contributed by atoms with Crippen molar-refractivity contribution in [2.75, 3.05) is 26.7 Å². The number of rotatable bonds is 9. The quantitative estimate of drug-likeness (QED) is 0.652. The normalized spacial score (nSPS) is 14.1. The highest BCUT2D eigenvalue weighted by Crippen LogP contribution is 2.11. The molecule has 0 aromatic carbocycles. The molecule has 2 nitrogen and oxygen atoms in total. The topological polar surface area (TPSA) is 15.3 Å². The van der Waals surface area contributed by atoms with Gasteiger partial charge in [-0.1, -0.05) is 47.5 Å². The molecule has 98 valence electrons. The van der Waals surface area contributed by atoms with Gasteiger partial charge in [0, 0.05) is 19.1 Å². The Hall–Kier alpha value is -0.0800. The van der Waals surface area contributed by atoms with Crippen LogP contribution in [0.1, 0.15) is 47.5 Å². The Morgan fingerprint density at radius 3 is 1.88 bits per heavy atom. The molecular formula is C14H32N2. The molecule has 0 fully saturated rings. The van der Waals surface area contributed by atoms with Crippen molar-refractivity contribution in [3.63, 3.8) is 0 Å². The van der Waals surface area contributed by atoms with Crippen LogP contribution in [0.2, 0.25) is 0 Å². The Morgan fingerprint density at radius 2 is 1.56 bits per heavy atom. The number of hydrogen-bond donors (Lipinski definition) is 1. The first-order chi connectivity index (χ1) is 7.58. The summed E-state index contributed by atoms with van der Waals surface area (Å²) in [6, 6.07) is 0.620. The molecule has 16 heavy (non-hydrogen) atoms. The summed E-state index contributed by atoms with van der Waals surface area (Å²) < 4.78 is 0. The van der Waals surface area contributed by atoms with Crippen LogP contribution in [0.3, 0.4) is 0 Å². The minimum atomic E-state index is 0.620. The van der Waals surface area contributed by atoms with Crippen molar-refractivity contribution in [3.8, 4) is 0 Å². The molecule has 0 aliphatic carbocycles. The van der Waals surface area contributed by atoms with Gasteiger partial charge in [0.25, 0.3) is 0 Å². The first-order valence-electron chi connectivity index (χ1n) is 6.98.